The Morgan fingerprint density at radius 2 is 2.09 bits per heavy atom. The summed E-state index contributed by atoms with van der Waals surface area (Å²) < 4.78 is 33.2. The first kappa shape index (κ1) is 16.2. The van der Waals surface area contributed by atoms with Gasteiger partial charge in [0.15, 0.2) is 0 Å². The van der Waals surface area contributed by atoms with Gasteiger partial charge in [0.05, 0.1) is 17.7 Å². The van der Waals surface area contributed by atoms with Crippen LogP contribution < -0.4 is 0 Å². The van der Waals surface area contributed by atoms with Gasteiger partial charge >= 0.3 is 0 Å². The zero-order valence-corrected chi connectivity index (χ0v) is 14.4. The molecule has 0 aromatic heterocycles. The van der Waals surface area contributed by atoms with Crippen molar-refractivity contribution in [3.05, 3.63) is 28.8 Å². The molecule has 2 saturated heterocycles. The van der Waals surface area contributed by atoms with Crippen LogP contribution >= 0.6 is 11.6 Å². The molecule has 2 heterocycles. The lowest BCUT2D eigenvalue weighted by atomic mass is 10.0. The number of benzene rings is 1. The average molecular weight is 345 g/mol. The van der Waals surface area contributed by atoms with E-state index < -0.39 is 10.0 Å². The molecule has 22 heavy (non-hydrogen) atoms. The van der Waals surface area contributed by atoms with Crippen molar-refractivity contribution in [2.45, 2.75) is 30.4 Å². The summed E-state index contributed by atoms with van der Waals surface area (Å²) in [5, 5.41) is 0.317. The van der Waals surface area contributed by atoms with Crippen molar-refractivity contribution in [3.63, 3.8) is 0 Å². The van der Waals surface area contributed by atoms with Gasteiger partial charge in [0.25, 0.3) is 0 Å². The number of aryl methyl sites for hydroxylation is 1. The molecule has 0 N–H and O–H groups in total. The number of fused-ring (bicyclic) bond motifs is 1. The highest BCUT2D eigenvalue weighted by Crippen LogP contribution is 2.31. The van der Waals surface area contributed by atoms with Crippen LogP contribution in [0, 0.1) is 6.92 Å². The maximum Gasteiger partial charge on any atom is 0.244 e. The van der Waals surface area contributed by atoms with Gasteiger partial charge in [-0.15, -0.1) is 0 Å². The number of ether oxygens (including phenoxy) is 1. The average Bonchev–Trinajstić information content (AvgIpc) is 2.50. The fourth-order valence-electron chi connectivity index (χ4n) is 3.19. The van der Waals surface area contributed by atoms with Crippen LogP contribution in [0.25, 0.3) is 0 Å². The van der Waals surface area contributed by atoms with E-state index in [1.807, 2.05) is 20.0 Å². The van der Waals surface area contributed by atoms with E-state index in [0.29, 0.717) is 24.7 Å². The Bertz CT molecular complexity index is 665. The molecule has 2 fully saturated rings. The van der Waals surface area contributed by atoms with Gasteiger partial charge in [-0.3, -0.25) is 4.90 Å². The van der Waals surface area contributed by atoms with E-state index >= 15 is 0 Å². The Kier molecular flexibility index (Phi) is 4.49. The minimum absolute atomic E-state index is 0.112. The normalized spacial score (nSPS) is 27.6. The monoisotopic (exact) mass is 344 g/mol. The van der Waals surface area contributed by atoms with E-state index in [9.17, 15) is 8.42 Å². The zero-order valence-electron chi connectivity index (χ0n) is 12.8. The lowest BCUT2D eigenvalue weighted by molar-refractivity contribution is -0.0840. The van der Waals surface area contributed by atoms with Crippen LogP contribution in [-0.2, 0) is 14.8 Å². The molecule has 2 aliphatic rings. The molecule has 2 atom stereocenters. The molecule has 0 saturated carbocycles. The number of halogens is 1. The van der Waals surface area contributed by atoms with Gasteiger partial charge in [-0.25, -0.2) is 8.42 Å². The van der Waals surface area contributed by atoms with E-state index in [2.05, 4.69) is 4.90 Å². The van der Waals surface area contributed by atoms with E-state index in [-0.39, 0.29) is 17.0 Å². The van der Waals surface area contributed by atoms with Crippen LogP contribution in [0.5, 0.6) is 0 Å². The summed E-state index contributed by atoms with van der Waals surface area (Å²) >= 11 is 6.22. The minimum atomic E-state index is -3.57. The first-order chi connectivity index (χ1) is 10.4. The van der Waals surface area contributed by atoms with Gasteiger partial charge in [0, 0.05) is 25.7 Å². The zero-order chi connectivity index (χ0) is 15.9. The highest BCUT2D eigenvalue weighted by atomic mass is 35.5. The molecular weight excluding hydrogens is 324 g/mol. The van der Waals surface area contributed by atoms with Crippen LogP contribution in [0.3, 0.4) is 0 Å². The van der Waals surface area contributed by atoms with E-state index in [1.165, 1.54) is 0 Å². The number of nitrogens with zero attached hydrogens (tertiary/aromatic N) is 2. The second kappa shape index (κ2) is 6.09. The van der Waals surface area contributed by atoms with E-state index in [1.54, 1.807) is 16.4 Å². The maximum atomic E-state index is 12.9. The van der Waals surface area contributed by atoms with Crippen LogP contribution in [0.2, 0.25) is 5.02 Å². The Morgan fingerprint density at radius 1 is 1.32 bits per heavy atom. The van der Waals surface area contributed by atoms with E-state index in [0.717, 1.165) is 18.5 Å². The number of likely N-dealkylation sites (N-methyl/N-ethyl adjacent to an activating group) is 1. The van der Waals surface area contributed by atoms with Crippen LogP contribution in [0.4, 0.5) is 0 Å². The number of morpholine rings is 1. The van der Waals surface area contributed by atoms with Gasteiger partial charge in [0.2, 0.25) is 10.0 Å². The summed E-state index contributed by atoms with van der Waals surface area (Å²) in [5.74, 6) is 0. The predicted molar refractivity (Wildman–Crippen MR) is 85.7 cm³/mol. The highest BCUT2D eigenvalue weighted by Gasteiger charge is 2.40. The minimum Gasteiger partial charge on any atom is -0.375 e. The van der Waals surface area contributed by atoms with Gasteiger partial charge in [0.1, 0.15) is 4.90 Å². The fraction of sp³-hybridized carbons (Fsp3) is 0.600. The molecule has 0 radical (unpaired) electrons. The molecule has 1 aromatic carbocycles. The lowest BCUT2D eigenvalue weighted by Gasteiger charge is -2.45. The number of sulfonamides is 1. The van der Waals surface area contributed by atoms with Crippen LogP contribution in [0.15, 0.2) is 23.1 Å². The van der Waals surface area contributed by atoms with Gasteiger partial charge < -0.3 is 4.74 Å². The third-order valence-electron chi connectivity index (χ3n) is 4.60. The molecule has 122 valence electrons. The predicted octanol–water partition coefficient (Wildman–Crippen LogP) is 1.74. The summed E-state index contributed by atoms with van der Waals surface area (Å²) in [6.07, 6.45) is 0.843. The highest BCUT2D eigenvalue weighted by molar-refractivity contribution is 7.89. The Balaban J connectivity index is 1.88. The van der Waals surface area contributed by atoms with Crippen molar-refractivity contribution in [3.8, 4) is 0 Å². The van der Waals surface area contributed by atoms with Crippen molar-refractivity contribution in [2.24, 2.45) is 0 Å². The van der Waals surface area contributed by atoms with Gasteiger partial charge in [-0.2, -0.15) is 4.31 Å². The Labute approximate surface area is 136 Å². The fourth-order valence-corrected chi connectivity index (χ4v) is 5.22. The summed E-state index contributed by atoms with van der Waals surface area (Å²) in [4.78, 5) is 2.39. The molecule has 0 amide bonds. The largest absolute Gasteiger partial charge is 0.375 e. The molecule has 5 nitrogen and oxygen atoms in total. The van der Waals surface area contributed by atoms with Crippen molar-refractivity contribution in [2.75, 3.05) is 33.3 Å². The maximum absolute atomic E-state index is 12.9. The van der Waals surface area contributed by atoms with Crippen LogP contribution in [-0.4, -0.2) is 63.1 Å². The Morgan fingerprint density at radius 3 is 2.86 bits per heavy atom. The molecule has 7 heteroatoms. The van der Waals surface area contributed by atoms with Gasteiger partial charge in [-0.1, -0.05) is 23.7 Å². The molecule has 1 aromatic rings. The third-order valence-corrected chi connectivity index (χ3v) is 7.12. The standard InChI is InChI=1S/C15H21ClN2O3S/c1-11-4-3-5-14(15(11)16)22(19,20)18-7-6-13-12(10-18)17(2)8-9-21-13/h3-5,12-13H,6-10H2,1-2H3/t12-,13+/m0/s1. The number of rotatable bonds is 2. The van der Waals surface area contributed by atoms with Crippen molar-refractivity contribution in [1.82, 2.24) is 9.21 Å². The summed E-state index contributed by atoms with van der Waals surface area (Å²) in [6, 6.07) is 5.24. The lowest BCUT2D eigenvalue weighted by Crippen LogP contribution is -2.59. The SMILES string of the molecule is Cc1cccc(S(=O)(=O)N2CC[C@H]3OCCN(C)[C@H]3C2)c1Cl. The van der Waals surface area contributed by atoms with Crippen LogP contribution in [0.1, 0.15) is 12.0 Å². The summed E-state index contributed by atoms with van der Waals surface area (Å²) in [5.41, 5.74) is 0.774. The molecular formula is C15H21ClN2O3S. The summed E-state index contributed by atoms with van der Waals surface area (Å²) in [7, 11) is -1.55. The Hall–Kier alpha value is -0.660. The topological polar surface area (TPSA) is 49.9 Å². The number of piperidine rings is 1. The molecule has 3 rings (SSSR count). The first-order valence-corrected chi connectivity index (χ1v) is 9.30. The smallest absolute Gasteiger partial charge is 0.244 e. The van der Waals surface area contributed by atoms with Crippen molar-refractivity contribution in [1.29, 1.82) is 0 Å². The summed E-state index contributed by atoms with van der Waals surface area (Å²) in [6.45, 7) is 4.29. The number of hydrogen-bond acceptors (Lipinski definition) is 4. The molecule has 0 bridgehead atoms. The van der Waals surface area contributed by atoms with Crippen molar-refractivity contribution < 1.29 is 13.2 Å². The quantitative estimate of drug-likeness (QED) is 0.820. The molecule has 0 aliphatic carbocycles. The van der Waals surface area contributed by atoms with Gasteiger partial charge in [-0.05, 0) is 32.0 Å². The second-order valence-corrected chi connectivity index (χ2v) is 8.28. The molecule has 2 aliphatic heterocycles. The molecule has 0 unspecified atom stereocenters. The first-order valence-electron chi connectivity index (χ1n) is 7.48. The van der Waals surface area contributed by atoms with E-state index in [4.69, 9.17) is 16.3 Å². The third kappa shape index (κ3) is 2.78. The van der Waals surface area contributed by atoms with Crippen molar-refractivity contribution >= 4 is 21.6 Å². The number of hydrogen-bond donors (Lipinski definition) is 0. The molecule has 0 spiro atoms. The second-order valence-electron chi connectivity index (χ2n) is 6.00.